The second kappa shape index (κ2) is 7.23. The van der Waals surface area contributed by atoms with Crippen LogP contribution in [0.5, 0.6) is 0 Å². The van der Waals surface area contributed by atoms with E-state index in [1.165, 1.54) is 11.3 Å². The van der Waals surface area contributed by atoms with Gasteiger partial charge in [0.15, 0.2) is 0 Å². The number of rotatable bonds is 4. The number of piperidine rings is 1. The highest BCUT2D eigenvalue weighted by molar-refractivity contribution is 7.14. The van der Waals surface area contributed by atoms with Crippen LogP contribution < -0.4 is 5.32 Å². The van der Waals surface area contributed by atoms with Gasteiger partial charge in [-0.3, -0.25) is 4.79 Å². The molecule has 0 spiro atoms. The molecule has 1 amide bonds. The summed E-state index contributed by atoms with van der Waals surface area (Å²) in [6.45, 7) is 4.69. The molecule has 3 rings (SSSR count). The number of hydrogen-bond donors (Lipinski definition) is 1. The summed E-state index contributed by atoms with van der Waals surface area (Å²) in [5, 5.41) is 4.18. The molecule has 0 atom stereocenters. The van der Waals surface area contributed by atoms with E-state index in [0.29, 0.717) is 5.92 Å². The lowest BCUT2D eigenvalue weighted by atomic mass is 9.96. The minimum absolute atomic E-state index is 0.136. The van der Waals surface area contributed by atoms with E-state index < -0.39 is 0 Å². The second-order valence-corrected chi connectivity index (χ2v) is 7.27. The number of carbonyl (C=O) groups is 1. The fourth-order valence-electron chi connectivity index (χ4n) is 3.14. The van der Waals surface area contributed by atoms with Gasteiger partial charge in [-0.25, -0.2) is 4.98 Å². The summed E-state index contributed by atoms with van der Waals surface area (Å²) >= 11 is 1.51. The van der Waals surface area contributed by atoms with Crippen LogP contribution in [0.25, 0.3) is 11.3 Å². The van der Waals surface area contributed by atoms with Gasteiger partial charge in [-0.05, 0) is 39.3 Å². The minimum atomic E-state index is 0.136. The van der Waals surface area contributed by atoms with Crippen molar-refractivity contribution in [2.75, 3.05) is 26.7 Å². The summed E-state index contributed by atoms with van der Waals surface area (Å²) in [5.41, 5.74) is 1.85. The molecule has 0 aliphatic carbocycles. The summed E-state index contributed by atoms with van der Waals surface area (Å²) in [6.07, 6.45) is 2.15. The first-order valence-electron chi connectivity index (χ1n) is 8.15. The molecule has 23 heavy (non-hydrogen) atoms. The maximum atomic E-state index is 13.0. The normalized spacial score (nSPS) is 15.8. The Morgan fingerprint density at radius 2 is 2.00 bits per heavy atom. The Balaban J connectivity index is 1.79. The summed E-state index contributed by atoms with van der Waals surface area (Å²) < 4.78 is 0. The summed E-state index contributed by atoms with van der Waals surface area (Å²) in [4.78, 5) is 20.3. The molecule has 1 N–H and O–H groups in total. The third-order valence-corrected chi connectivity index (χ3v) is 5.33. The molecule has 5 heteroatoms. The van der Waals surface area contributed by atoms with Crippen LogP contribution >= 0.6 is 11.3 Å². The molecule has 2 heterocycles. The van der Waals surface area contributed by atoms with Gasteiger partial charge in [-0.1, -0.05) is 30.3 Å². The van der Waals surface area contributed by atoms with Crippen LogP contribution in [-0.2, 0) is 0 Å². The smallest absolute Gasteiger partial charge is 0.266 e. The fraction of sp³-hybridized carbons (Fsp3) is 0.444. The first kappa shape index (κ1) is 16.1. The molecule has 1 fully saturated rings. The number of benzene rings is 1. The monoisotopic (exact) mass is 329 g/mol. The lowest BCUT2D eigenvalue weighted by molar-refractivity contribution is 0.0696. The van der Waals surface area contributed by atoms with Crippen LogP contribution in [0.1, 0.15) is 27.5 Å². The van der Waals surface area contributed by atoms with Crippen molar-refractivity contribution in [3.63, 3.8) is 0 Å². The van der Waals surface area contributed by atoms with Crippen LogP contribution in [0.4, 0.5) is 0 Å². The van der Waals surface area contributed by atoms with Crippen molar-refractivity contribution in [3.05, 3.63) is 40.2 Å². The quantitative estimate of drug-likeness (QED) is 0.937. The number of aryl methyl sites for hydroxylation is 1. The van der Waals surface area contributed by atoms with Crippen LogP contribution in [0, 0.1) is 12.8 Å². The van der Waals surface area contributed by atoms with E-state index in [4.69, 9.17) is 0 Å². The molecule has 0 bridgehead atoms. The van der Waals surface area contributed by atoms with Crippen LogP contribution in [-0.4, -0.2) is 42.5 Å². The SMILES string of the molecule is CNCC1CCN(C(=O)c2sc(C)nc2-c2ccccc2)CC1. The Hall–Kier alpha value is -1.72. The van der Waals surface area contributed by atoms with Crippen molar-refractivity contribution < 1.29 is 4.79 Å². The molecule has 1 aliphatic heterocycles. The van der Waals surface area contributed by atoms with Crippen LogP contribution in [0.3, 0.4) is 0 Å². The molecule has 122 valence electrons. The molecule has 4 nitrogen and oxygen atoms in total. The predicted molar refractivity (Wildman–Crippen MR) is 94.8 cm³/mol. The third-order valence-electron chi connectivity index (χ3n) is 4.37. The van der Waals surface area contributed by atoms with E-state index in [9.17, 15) is 4.79 Å². The maximum absolute atomic E-state index is 13.0. The highest BCUT2D eigenvalue weighted by Gasteiger charge is 2.27. The predicted octanol–water partition coefficient (Wildman–Crippen LogP) is 3.19. The topological polar surface area (TPSA) is 45.2 Å². The van der Waals surface area contributed by atoms with Gasteiger partial charge in [0, 0.05) is 18.7 Å². The Morgan fingerprint density at radius 1 is 1.30 bits per heavy atom. The van der Waals surface area contributed by atoms with E-state index in [1.54, 1.807) is 0 Å². The molecular weight excluding hydrogens is 306 g/mol. The van der Waals surface area contributed by atoms with Crippen molar-refractivity contribution in [1.29, 1.82) is 0 Å². The fourth-order valence-corrected chi connectivity index (χ4v) is 4.05. The third kappa shape index (κ3) is 3.62. The van der Waals surface area contributed by atoms with Crippen molar-refractivity contribution in [2.45, 2.75) is 19.8 Å². The molecule has 1 aliphatic rings. The van der Waals surface area contributed by atoms with Crippen LogP contribution in [0.15, 0.2) is 30.3 Å². The summed E-state index contributed by atoms with van der Waals surface area (Å²) in [6, 6.07) is 9.99. The van der Waals surface area contributed by atoms with Gasteiger partial charge in [0.1, 0.15) is 4.88 Å². The number of likely N-dealkylation sites (tertiary alicyclic amines) is 1. The second-order valence-electron chi connectivity index (χ2n) is 6.07. The zero-order chi connectivity index (χ0) is 16.2. The van der Waals surface area contributed by atoms with E-state index in [-0.39, 0.29) is 5.91 Å². The van der Waals surface area contributed by atoms with Gasteiger partial charge >= 0.3 is 0 Å². The maximum Gasteiger partial charge on any atom is 0.266 e. The zero-order valence-electron chi connectivity index (χ0n) is 13.7. The van der Waals surface area contributed by atoms with Crippen molar-refractivity contribution in [3.8, 4) is 11.3 Å². The highest BCUT2D eigenvalue weighted by atomic mass is 32.1. The standard InChI is InChI=1S/C18H23N3OS/c1-13-20-16(15-6-4-3-5-7-15)17(23-13)18(22)21-10-8-14(9-11-21)12-19-2/h3-7,14,19H,8-12H2,1-2H3. The molecule has 0 saturated carbocycles. The van der Waals surface area contributed by atoms with Gasteiger partial charge in [0.25, 0.3) is 5.91 Å². The van der Waals surface area contributed by atoms with E-state index in [0.717, 1.165) is 53.6 Å². The average Bonchev–Trinajstić information content (AvgIpc) is 2.98. The van der Waals surface area contributed by atoms with E-state index >= 15 is 0 Å². The van der Waals surface area contributed by atoms with Gasteiger partial charge in [0.05, 0.1) is 10.7 Å². The molecule has 1 saturated heterocycles. The summed E-state index contributed by atoms with van der Waals surface area (Å²) in [5.74, 6) is 0.818. The number of carbonyl (C=O) groups excluding carboxylic acids is 1. The number of nitrogens with one attached hydrogen (secondary N) is 1. The molecule has 1 aromatic heterocycles. The Bertz CT molecular complexity index is 660. The molecular formula is C18H23N3OS. The van der Waals surface area contributed by atoms with Crippen molar-refractivity contribution in [2.24, 2.45) is 5.92 Å². The van der Waals surface area contributed by atoms with Gasteiger partial charge in [-0.2, -0.15) is 0 Å². The van der Waals surface area contributed by atoms with E-state index in [1.807, 2.05) is 49.2 Å². The lowest BCUT2D eigenvalue weighted by Crippen LogP contribution is -2.40. The number of amides is 1. The number of aromatic nitrogens is 1. The van der Waals surface area contributed by atoms with E-state index in [2.05, 4.69) is 10.3 Å². The Morgan fingerprint density at radius 3 is 2.65 bits per heavy atom. The molecule has 0 unspecified atom stereocenters. The van der Waals surface area contributed by atoms with Crippen LogP contribution in [0.2, 0.25) is 0 Å². The van der Waals surface area contributed by atoms with Gasteiger partial charge in [-0.15, -0.1) is 11.3 Å². The Labute approximate surface area is 141 Å². The number of nitrogens with zero attached hydrogens (tertiary/aromatic N) is 2. The van der Waals surface area contributed by atoms with Crippen molar-refractivity contribution in [1.82, 2.24) is 15.2 Å². The molecule has 1 aromatic carbocycles. The zero-order valence-corrected chi connectivity index (χ0v) is 14.5. The molecule has 2 aromatic rings. The molecule has 0 radical (unpaired) electrons. The van der Waals surface area contributed by atoms with Gasteiger partial charge < -0.3 is 10.2 Å². The summed E-state index contributed by atoms with van der Waals surface area (Å²) in [7, 11) is 1.99. The lowest BCUT2D eigenvalue weighted by Gasteiger charge is -2.31. The first-order chi connectivity index (χ1) is 11.2. The van der Waals surface area contributed by atoms with Crippen molar-refractivity contribution >= 4 is 17.2 Å². The minimum Gasteiger partial charge on any atom is -0.338 e. The largest absolute Gasteiger partial charge is 0.338 e. The van der Waals surface area contributed by atoms with Gasteiger partial charge in [0.2, 0.25) is 0 Å². The Kier molecular flexibility index (Phi) is 5.08. The number of thiazole rings is 1. The number of hydrogen-bond acceptors (Lipinski definition) is 4. The average molecular weight is 329 g/mol. The first-order valence-corrected chi connectivity index (χ1v) is 8.97. The highest BCUT2D eigenvalue weighted by Crippen LogP contribution is 2.30.